The number of aromatic nitrogens is 3. The Labute approximate surface area is 158 Å². The number of hydrogen-bond acceptors (Lipinski definition) is 6. The number of aryl methyl sites for hydroxylation is 4. The Morgan fingerprint density at radius 1 is 1.31 bits per heavy atom. The van der Waals surface area contributed by atoms with Gasteiger partial charge in [0.2, 0.25) is 5.91 Å². The lowest BCUT2D eigenvalue weighted by molar-refractivity contribution is -0.116. The van der Waals surface area contributed by atoms with E-state index in [0.29, 0.717) is 17.4 Å². The van der Waals surface area contributed by atoms with Crippen LogP contribution in [0.15, 0.2) is 10.2 Å². The minimum Gasteiger partial charge on any atom is -0.310 e. The van der Waals surface area contributed by atoms with E-state index in [9.17, 15) is 9.59 Å². The largest absolute Gasteiger partial charge is 0.310 e. The summed E-state index contributed by atoms with van der Waals surface area (Å²) in [5, 5.41) is 6.18. The molecule has 0 fully saturated rings. The minimum absolute atomic E-state index is 0.0751. The van der Waals surface area contributed by atoms with Gasteiger partial charge < -0.3 is 10.3 Å². The van der Waals surface area contributed by atoms with Gasteiger partial charge >= 0.3 is 0 Å². The van der Waals surface area contributed by atoms with E-state index >= 15 is 0 Å². The van der Waals surface area contributed by atoms with Crippen LogP contribution >= 0.6 is 22.7 Å². The van der Waals surface area contributed by atoms with E-state index in [1.165, 1.54) is 21.8 Å². The van der Waals surface area contributed by atoms with E-state index in [1.807, 2.05) is 5.38 Å². The fraction of sp³-hybridized carbons (Fsp3) is 0.444. The molecule has 3 aromatic heterocycles. The molecule has 0 saturated heterocycles. The molecule has 0 aromatic carbocycles. The molecule has 0 bridgehead atoms. The first-order valence-corrected chi connectivity index (χ1v) is 10.6. The Morgan fingerprint density at radius 2 is 2.19 bits per heavy atom. The van der Waals surface area contributed by atoms with E-state index in [4.69, 9.17) is 0 Å². The van der Waals surface area contributed by atoms with Gasteiger partial charge in [0.05, 0.1) is 11.1 Å². The van der Waals surface area contributed by atoms with Crippen molar-refractivity contribution in [2.24, 2.45) is 0 Å². The molecule has 1 amide bonds. The Bertz CT molecular complexity index is 1020. The van der Waals surface area contributed by atoms with Gasteiger partial charge in [0, 0.05) is 23.1 Å². The van der Waals surface area contributed by atoms with Gasteiger partial charge in [-0.3, -0.25) is 9.59 Å². The van der Waals surface area contributed by atoms with Gasteiger partial charge in [-0.25, -0.2) is 9.97 Å². The second kappa shape index (κ2) is 7.28. The molecule has 6 nitrogen and oxygen atoms in total. The third-order valence-electron chi connectivity index (χ3n) is 4.52. The van der Waals surface area contributed by atoms with Crippen LogP contribution in [0.2, 0.25) is 0 Å². The van der Waals surface area contributed by atoms with Gasteiger partial charge in [0.1, 0.15) is 10.7 Å². The number of fused-ring (bicyclic) bond motifs is 3. The van der Waals surface area contributed by atoms with E-state index in [-0.39, 0.29) is 17.9 Å². The van der Waals surface area contributed by atoms with Crippen LogP contribution in [-0.2, 0) is 30.5 Å². The number of nitrogens with one attached hydrogen (secondary N) is 2. The zero-order valence-electron chi connectivity index (χ0n) is 14.6. The third kappa shape index (κ3) is 3.43. The highest BCUT2D eigenvalue weighted by Gasteiger charge is 2.21. The van der Waals surface area contributed by atoms with Crippen molar-refractivity contribution in [1.29, 1.82) is 0 Å². The number of carbonyl (C=O) groups excluding carboxylic acids is 1. The lowest BCUT2D eigenvalue weighted by atomic mass is 10.2. The number of amides is 1. The molecule has 0 atom stereocenters. The monoisotopic (exact) mass is 388 g/mol. The molecule has 1 aliphatic carbocycles. The molecule has 0 radical (unpaired) electrons. The minimum atomic E-state index is -0.112. The molecule has 0 aliphatic heterocycles. The summed E-state index contributed by atoms with van der Waals surface area (Å²) in [6.07, 6.45) is 5.76. The van der Waals surface area contributed by atoms with Gasteiger partial charge in [-0.1, -0.05) is 13.3 Å². The Kier molecular flexibility index (Phi) is 4.86. The van der Waals surface area contributed by atoms with E-state index < -0.39 is 0 Å². The number of hydrogen-bond donors (Lipinski definition) is 2. The topological polar surface area (TPSA) is 87.7 Å². The van der Waals surface area contributed by atoms with Crippen LogP contribution in [0, 0.1) is 0 Å². The number of anilines is 1. The summed E-state index contributed by atoms with van der Waals surface area (Å²) in [7, 11) is 0. The fourth-order valence-corrected chi connectivity index (χ4v) is 5.36. The first kappa shape index (κ1) is 17.4. The van der Waals surface area contributed by atoms with Crippen LogP contribution in [0.5, 0.6) is 0 Å². The molecule has 8 heteroatoms. The Balaban J connectivity index is 1.42. The first-order chi connectivity index (χ1) is 12.6. The number of thiazole rings is 1. The highest BCUT2D eigenvalue weighted by Crippen LogP contribution is 2.34. The first-order valence-electron chi connectivity index (χ1n) is 8.91. The van der Waals surface area contributed by atoms with Crippen molar-refractivity contribution in [3.63, 3.8) is 0 Å². The molecule has 0 spiro atoms. The van der Waals surface area contributed by atoms with Crippen molar-refractivity contribution < 1.29 is 4.79 Å². The standard InChI is InChI=1S/C18H20N4O2S2/c1-2-4-10-9-25-18(19-10)22-14(23)8-7-13-20-16(24)15-11-5-3-6-12(11)26-17(15)21-13/h9H,2-8H2,1H3,(H,19,22,23)(H,20,21,24). The van der Waals surface area contributed by atoms with Crippen molar-refractivity contribution in [3.05, 3.63) is 37.7 Å². The average molecular weight is 389 g/mol. The number of carbonyl (C=O) groups is 1. The molecule has 3 heterocycles. The number of thiophene rings is 1. The van der Waals surface area contributed by atoms with Crippen LogP contribution in [0.1, 0.15) is 48.1 Å². The van der Waals surface area contributed by atoms with Gasteiger partial charge in [0.15, 0.2) is 5.13 Å². The van der Waals surface area contributed by atoms with Crippen LogP contribution in [0.3, 0.4) is 0 Å². The van der Waals surface area contributed by atoms with Crippen molar-refractivity contribution in [1.82, 2.24) is 15.0 Å². The summed E-state index contributed by atoms with van der Waals surface area (Å²) in [4.78, 5) is 38.5. The summed E-state index contributed by atoms with van der Waals surface area (Å²) in [5.41, 5.74) is 2.11. The van der Waals surface area contributed by atoms with Gasteiger partial charge in [-0.2, -0.15) is 0 Å². The quantitative estimate of drug-likeness (QED) is 0.677. The summed E-state index contributed by atoms with van der Waals surface area (Å²) >= 11 is 3.06. The van der Waals surface area contributed by atoms with Crippen LogP contribution in [0.25, 0.3) is 10.2 Å². The Morgan fingerprint density at radius 3 is 3.04 bits per heavy atom. The smallest absolute Gasteiger partial charge is 0.259 e. The normalized spacial score (nSPS) is 13.3. The summed E-state index contributed by atoms with van der Waals surface area (Å²) in [6.45, 7) is 2.10. The fourth-order valence-electron chi connectivity index (χ4n) is 3.31. The molecular weight excluding hydrogens is 368 g/mol. The predicted molar refractivity (Wildman–Crippen MR) is 105 cm³/mol. The third-order valence-corrected chi connectivity index (χ3v) is 6.51. The van der Waals surface area contributed by atoms with Crippen LogP contribution in [0.4, 0.5) is 5.13 Å². The van der Waals surface area contributed by atoms with Crippen LogP contribution < -0.4 is 10.9 Å². The zero-order chi connectivity index (χ0) is 18.1. The molecule has 1 aliphatic rings. The molecule has 2 N–H and O–H groups in total. The number of rotatable bonds is 6. The van der Waals surface area contributed by atoms with E-state index in [1.54, 1.807) is 11.3 Å². The van der Waals surface area contributed by atoms with Gasteiger partial charge in [-0.15, -0.1) is 22.7 Å². The second-order valence-electron chi connectivity index (χ2n) is 6.49. The highest BCUT2D eigenvalue weighted by molar-refractivity contribution is 7.18. The van der Waals surface area contributed by atoms with E-state index in [2.05, 4.69) is 27.2 Å². The SMILES string of the molecule is CCCc1csc(NC(=O)CCc2nc3sc4c(c3c(=O)[nH]2)CCC4)n1. The zero-order valence-corrected chi connectivity index (χ0v) is 16.2. The number of H-pyrrole nitrogens is 1. The van der Waals surface area contributed by atoms with Crippen molar-refractivity contribution in [2.75, 3.05) is 5.32 Å². The molecule has 136 valence electrons. The lowest BCUT2D eigenvalue weighted by Gasteiger charge is -2.02. The summed E-state index contributed by atoms with van der Waals surface area (Å²) in [6, 6.07) is 0. The number of aromatic amines is 1. The number of nitrogens with zero attached hydrogens (tertiary/aromatic N) is 2. The maximum Gasteiger partial charge on any atom is 0.259 e. The summed E-state index contributed by atoms with van der Waals surface area (Å²) in [5.74, 6) is 0.460. The van der Waals surface area contributed by atoms with Crippen molar-refractivity contribution in [2.45, 2.75) is 51.9 Å². The maximum atomic E-state index is 12.4. The second-order valence-corrected chi connectivity index (χ2v) is 8.43. The van der Waals surface area contributed by atoms with Crippen molar-refractivity contribution in [3.8, 4) is 0 Å². The molecular formula is C18H20N4O2S2. The van der Waals surface area contributed by atoms with Crippen LogP contribution in [-0.4, -0.2) is 20.9 Å². The summed E-state index contributed by atoms with van der Waals surface area (Å²) < 4.78 is 0. The maximum absolute atomic E-state index is 12.4. The van der Waals surface area contributed by atoms with Gasteiger partial charge in [-0.05, 0) is 31.2 Å². The van der Waals surface area contributed by atoms with Crippen molar-refractivity contribution >= 4 is 43.9 Å². The van der Waals surface area contributed by atoms with Gasteiger partial charge in [0.25, 0.3) is 5.56 Å². The lowest BCUT2D eigenvalue weighted by Crippen LogP contribution is -2.16. The van der Waals surface area contributed by atoms with E-state index in [0.717, 1.165) is 48.0 Å². The molecule has 26 heavy (non-hydrogen) atoms. The Hall–Kier alpha value is -2.06. The molecule has 0 saturated carbocycles. The average Bonchev–Trinajstić information content (AvgIpc) is 3.29. The molecule has 3 aromatic rings. The molecule has 0 unspecified atom stereocenters. The molecule has 4 rings (SSSR count). The highest BCUT2D eigenvalue weighted by atomic mass is 32.1. The predicted octanol–water partition coefficient (Wildman–Crippen LogP) is 3.45.